The maximum atomic E-state index is 6.23. The monoisotopic (exact) mass is 423 g/mol. The molecule has 0 fully saturated rings. The first-order valence-corrected chi connectivity index (χ1v) is 7.53. The van der Waals surface area contributed by atoms with Crippen LogP contribution in [-0.2, 0) is 5.41 Å². The number of benzene rings is 2. The average molecular weight is 424 g/mol. The largest absolute Gasteiger partial charge is 1.00 e. The molecular weight excluding hydrogens is 405 g/mol. The van der Waals surface area contributed by atoms with E-state index in [1.165, 1.54) is 17.0 Å². The highest BCUT2D eigenvalue weighted by molar-refractivity contribution is 6.32. The van der Waals surface area contributed by atoms with Crippen LogP contribution < -0.4 is 24.0 Å². The van der Waals surface area contributed by atoms with Crippen molar-refractivity contribution in [1.82, 2.24) is 0 Å². The van der Waals surface area contributed by atoms with Crippen molar-refractivity contribution in [2.75, 3.05) is 7.05 Å². The smallest absolute Gasteiger partial charge is 0.209 e. The van der Waals surface area contributed by atoms with Crippen LogP contribution in [0.2, 0.25) is 5.02 Å². The first-order chi connectivity index (χ1) is 10.0. The normalized spacial score (nSPS) is 15.8. The van der Waals surface area contributed by atoms with E-state index in [0.29, 0.717) is 0 Å². The third-order valence-electron chi connectivity index (χ3n) is 4.27. The Hall–Kier alpha value is -1.13. The predicted octanol–water partition coefficient (Wildman–Crippen LogP) is 2.06. The Morgan fingerprint density at radius 3 is 2.27 bits per heavy atom. The maximum Gasteiger partial charge on any atom is 0.209 e. The van der Waals surface area contributed by atoms with Crippen molar-refractivity contribution in [2.24, 2.45) is 0 Å². The molecule has 1 heterocycles. The zero-order valence-corrected chi connectivity index (χ0v) is 15.9. The van der Waals surface area contributed by atoms with E-state index in [1.54, 1.807) is 0 Å². The molecule has 0 radical (unpaired) electrons. The molecule has 0 spiro atoms. The minimum atomic E-state index is 0. The number of hydrogen-bond acceptors (Lipinski definition) is 0. The highest BCUT2D eigenvalue weighted by atomic mass is 127. The van der Waals surface area contributed by atoms with Gasteiger partial charge in [-0.3, -0.25) is 0 Å². The number of para-hydroxylation sites is 1. The summed E-state index contributed by atoms with van der Waals surface area (Å²) >= 11 is 6.23. The van der Waals surface area contributed by atoms with Crippen molar-refractivity contribution in [1.29, 1.82) is 0 Å². The Kier molecular flexibility index (Phi) is 5.13. The minimum Gasteiger partial charge on any atom is -1.00 e. The molecule has 0 saturated heterocycles. The van der Waals surface area contributed by atoms with Crippen molar-refractivity contribution in [3.8, 4) is 0 Å². The second kappa shape index (κ2) is 6.55. The van der Waals surface area contributed by atoms with Crippen LogP contribution in [0.15, 0.2) is 54.6 Å². The van der Waals surface area contributed by atoms with Crippen LogP contribution in [0.5, 0.6) is 0 Å². The van der Waals surface area contributed by atoms with Gasteiger partial charge < -0.3 is 24.0 Å². The number of allylic oxidation sites excluding steroid dienone is 1. The summed E-state index contributed by atoms with van der Waals surface area (Å²) < 4.78 is 2.27. The molecule has 0 bridgehead atoms. The van der Waals surface area contributed by atoms with E-state index in [0.717, 1.165) is 10.6 Å². The Morgan fingerprint density at radius 1 is 0.955 bits per heavy atom. The molecule has 3 rings (SSSR count). The Bertz CT molecular complexity index is 760. The summed E-state index contributed by atoms with van der Waals surface area (Å²) in [6, 6.07) is 16.5. The van der Waals surface area contributed by atoms with Crippen LogP contribution in [0.4, 0.5) is 5.69 Å². The van der Waals surface area contributed by atoms with Gasteiger partial charge in [-0.2, -0.15) is 4.58 Å². The molecule has 1 aliphatic rings. The van der Waals surface area contributed by atoms with Crippen molar-refractivity contribution < 1.29 is 28.6 Å². The van der Waals surface area contributed by atoms with Gasteiger partial charge in [0.1, 0.15) is 7.05 Å². The predicted molar refractivity (Wildman–Crippen MR) is 90.8 cm³/mol. The topological polar surface area (TPSA) is 3.01 Å². The van der Waals surface area contributed by atoms with E-state index in [9.17, 15) is 0 Å². The molecule has 2 aromatic rings. The van der Waals surface area contributed by atoms with Gasteiger partial charge in [0.05, 0.1) is 5.41 Å². The zero-order chi connectivity index (χ0) is 15.0. The Morgan fingerprint density at radius 2 is 1.59 bits per heavy atom. The van der Waals surface area contributed by atoms with E-state index in [1.807, 2.05) is 24.3 Å². The third-order valence-corrected chi connectivity index (χ3v) is 4.61. The number of rotatable bonds is 2. The fourth-order valence-electron chi connectivity index (χ4n) is 3.08. The van der Waals surface area contributed by atoms with Gasteiger partial charge in [0.15, 0.2) is 5.71 Å². The molecule has 22 heavy (non-hydrogen) atoms. The van der Waals surface area contributed by atoms with Gasteiger partial charge in [0.2, 0.25) is 5.69 Å². The first kappa shape index (κ1) is 17.2. The zero-order valence-electron chi connectivity index (χ0n) is 13.0. The first-order valence-electron chi connectivity index (χ1n) is 7.15. The summed E-state index contributed by atoms with van der Waals surface area (Å²) in [6.45, 7) is 4.53. The van der Waals surface area contributed by atoms with Crippen LogP contribution >= 0.6 is 11.6 Å². The van der Waals surface area contributed by atoms with E-state index in [4.69, 9.17) is 11.6 Å². The second-order valence-corrected chi connectivity index (χ2v) is 6.35. The highest BCUT2D eigenvalue weighted by Gasteiger charge is 2.42. The van der Waals surface area contributed by atoms with Crippen LogP contribution in [-0.4, -0.2) is 17.3 Å². The fraction of sp³-hybridized carbons (Fsp3) is 0.211. The van der Waals surface area contributed by atoms with Gasteiger partial charge in [-0.25, -0.2) is 0 Å². The van der Waals surface area contributed by atoms with Crippen molar-refractivity contribution in [3.63, 3.8) is 0 Å². The summed E-state index contributed by atoms with van der Waals surface area (Å²) in [5, 5.41) is 0.783. The molecule has 0 aliphatic carbocycles. The lowest BCUT2D eigenvalue weighted by Gasteiger charge is -2.15. The summed E-state index contributed by atoms with van der Waals surface area (Å²) in [4.78, 5) is 0. The highest BCUT2D eigenvalue weighted by Crippen LogP contribution is 2.39. The van der Waals surface area contributed by atoms with Crippen molar-refractivity contribution in [2.45, 2.75) is 19.3 Å². The molecule has 2 aromatic carbocycles. The molecule has 1 nitrogen and oxygen atoms in total. The number of nitrogens with zero attached hydrogens (tertiary/aromatic N) is 1. The SMILES string of the molecule is C[N+]1=C(/C=C/c2ccccc2Cl)C(C)(C)c2ccccc21.[I-]. The number of fused-ring (bicyclic) bond motifs is 1. The lowest BCUT2D eigenvalue weighted by Crippen LogP contribution is -3.00. The van der Waals surface area contributed by atoms with E-state index >= 15 is 0 Å². The minimum absolute atomic E-state index is 0. The maximum absolute atomic E-state index is 6.23. The molecule has 0 amide bonds. The molecule has 3 heteroatoms. The molecular formula is C19H19ClIN. The van der Waals surface area contributed by atoms with Crippen LogP contribution in [0.3, 0.4) is 0 Å². The summed E-state index contributed by atoms with van der Waals surface area (Å²) in [5.41, 5.74) is 4.98. The van der Waals surface area contributed by atoms with Crippen molar-refractivity contribution in [3.05, 3.63) is 70.8 Å². The summed E-state index contributed by atoms with van der Waals surface area (Å²) in [6.07, 6.45) is 4.28. The van der Waals surface area contributed by atoms with Gasteiger partial charge in [0, 0.05) is 22.7 Å². The molecule has 114 valence electrons. The summed E-state index contributed by atoms with van der Waals surface area (Å²) in [7, 11) is 2.12. The van der Waals surface area contributed by atoms with E-state index in [2.05, 4.69) is 61.9 Å². The van der Waals surface area contributed by atoms with Crippen LogP contribution in [0.1, 0.15) is 25.0 Å². The summed E-state index contributed by atoms with van der Waals surface area (Å²) in [5.74, 6) is 0. The second-order valence-electron chi connectivity index (χ2n) is 5.94. The van der Waals surface area contributed by atoms with E-state index in [-0.39, 0.29) is 29.4 Å². The van der Waals surface area contributed by atoms with Crippen LogP contribution in [0.25, 0.3) is 6.08 Å². The molecule has 0 aromatic heterocycles. The fourth-order valence-corrected chi connectivity index (χ4v) is 3.28. The molecule has 0 unspecified atom stereocenters. The Labute approximate surface area is 154 Å². The van der Waals surface area contributed by atoms with Gasteiger partial charge in [-0.15, -0.1) is 0 Å². The number of hydrogen-bond donors (Lipinski definition) is 0. The lowest BCUT2D eigenvalue weighted by molar-refractivity contribution is -0.401. The lowest BCUT2D eigenvalue weighted by atomic mass is 9.81. The quantitative estimate of drug-likeness (QED) is 0.514. The van der Waals surface area contributed by atoms with Gasteiger partial charge in [-0.1, -0.05) is 48.0 Å². The van der Waals surface area contributed by atoms with Gasteiger partial charge in [-0.05, 0) is 31.6 Å². The van der Waals surface area contributed by atoms with Gasteiger partial charge >= 0.3 is 0 Å². The van der Waals surface area contributed by atoms with Crippen molar-refractivity contribution >= 4 is 29.1 Å². The number of halogens is 2. The standard InChI is InChI=1S/C19H19ClN.HI/c1-19(2)15-9-5-7-11-17(15)21(3)18(19)13-12-14-8-4-6-10-16(14)20;/h4-13H,1-3H3;1H/q+1;/p-1/b13-12+;. The molecule has 1 aliphatic heterocycles. The molecule has 0 saturated carbocycles. The van der Waals surface area contributed by atoms with E-state index < -0.39 is 0 Å². The average Bonchev–Trinajstić information content (AvgIpc) is 2.67. The Balaban J connectivity index is 0.00000176. The molecule has 0 atom stereocenters. The van der Waals surface area contributed by atoms with Crippen LogP contribution in [0, 0.1) is 0 Å². The van der Waals surface area contributed by atoms with Gasteiger partial charge in [0.25, 0.3) is 0 Å². The molecule has 0 N–H and O–H groups in total. The third kappa shape index (κ3) is 2.86.